The molecule has 1 heterocycles. The fourth-order valence-corrected chi connectivity index (χ4v) is 2.48. The number of aromatic nitrogens is 2. The van der Waals surface area contributed by atoms with Gasteiger partial charge < -0.3 is 15.7 Å². The molecular formula is C16H17N5O4. The van der Waals surface area contributed by atoms with Gasteiger partial charge in [-0.2, -0.15) is 0 Å². The van der Waals surface area contributed by atoms with Gasteiger partial charge in [0, 0.05) is 19.7 Å². The molecule has 1 aromatic heterocycles. The van der Waals surface area contributed by atoms with Crippen molar-refractivity contribution >= 4 is 28.1 Å². The lowest BCUT2D eigenvalue weighted by Crippen LogP contribution is -2.08. The molecule has 0 atom stereocenters. The van der Waals surface area contributed by atoms with Gasteiger partial charge in [-0.25, -0.2) is 4.63 Å². The van der Waals surface area contributed by atoms with Gasteiger partial charge in [0.05, 0.1) is 10.6 Å². The molecule has 0 bridgehead atoms. The Kier molecular flexibility index (Phi) is 5.05. The third kappa shape index (κ3) is 3.66. The zero-order valence-corrected chi connectivity index (χ0v) is 13.3. The van der Waals surface area contributed by atoms with Gasteiger partial charge in [0.25, 0.3) is 0 Å². The Bertz CT molecular complexity index is 866. The number of hydrogen-bond donors (Lipinski definition) is 3. The summed E-state index contributed by atoms with van der Waals surface area (Å²) in [7, 11) is 0. The van der Waals surface area contributed by atoms with Gasteiger partial charge in [-0.3, -0.25) is 10.1 Å². The van der Waals surface area contributed by atoms with E-state index < -0.39 is 4.92 Å². The average Bonchev–Trinajstić information content (AvgIpc) is 3.10. The highest BCUT2D eigenvalue weighted by Crippen LogP contribution is 2.36. The van der Waals surface area contributed by atoms with Crippen molar-refractivity contribution in [3.63, 3.8) is 0 Å². The number of anilines is 2. The number of nitro groups is 1. The highest BCUT2D eigenvalue weighted by Gasteiger charge is 2.25. The number of hydrogen-bond acceptors (Lipinski definition) is 8. The Balaban J connectivity index is 1.95. The molecule has 0 amide bonds. The van der Waals surface area contributed by atoms with E-state index in [0.717, 1.165) is 5.56 Å². The fourth-order valence-electron chi connectivity index (χ4n) is 2.48. The Morgan fingerprint density at radius 1 is 1.12 bits per heavy atom. The molecule has 0 saturated carbocycles. The first-order valence-corrected chi connectivity index (χ1v) is 7.77. The van der Waals surface area contributed by atoms with E-state index in [-0.39, 0.29) is 17.8 Å². The third-order valence-electron chi connectivity index (χ3n) is 3.67. The molecule has 9 nitrogen and oxygen atoms in total. The number of aliphatic hydroxyl groups is 1. The number of rotatable bonds is 8. The van der Waals surface area contributed by atoms with Crippen molar-refractivity contribution < 1.29 is 14.7 Å². The van der Waals surface area contributed by atoms with Crippen LogP contribution >= 0.6 is 0 Å². The molecule has 0 saturated heterocycles. The van der Waals surface area contributed by atoms with Crippen LogP contribution in [0.25, 0.3) is 11.0 Å². The number of nitro benzene ring substituents is 1. The summed E-state index contributed by atoms with van der Waals surface area (Å²) >= 11 is 0. The molecule has 3 aromatic rings. The first-order chi connectivity index (χ1) is 12.2. The van der Waals surface area contributed by atoms with Crippen LogP contribution < -0.4 is 10.6 Å². The Labute approximate surface area is 142 Å². The highest BCUT2D eigenvalue weighted by molar-refractivity contribution is 5.99. The molecule has 3 N–H and O–H groups in total. The van der Waals surface area contributed by atoms with Gasteiger partial charge in [0.2, 0.25) is 5.52 Å². The minimum Gasteiger partial charge on any atom is -0.396 e. The summed E-state index contributed by atoms with van der Waals surface area (Å²) in [5, 5.41) is 34.0. The number of benzene rings is 2. The number of aliphatic hydroxyl groups excluding tert-OH is 1. The molecule has 0 radical (unpaired) electrons. The first kappa shape index (κ1) is 16.7. The summed E-state index contributed by atoms with van der Waals surface area (Å²) in [6.07, 6.45) is 0.471. The van der Waals surface area contributed by atoms with Gasteiger partial charge in [-0.1, -0.05) is 30.3 Å². The second-order valence-electron chi connectivity index (χ2n) is 5.38. The molecule has 9 heteroatoms. The molecular weight excluding hydrogens is 326 g/mol. The van der Waals surface area contributed by atoms with E-state index in [1.54, 1.807) is 6.07 Å². The van der Waals surface area contributed by atoms with E-state index in [1.807, 2.05) is 30.3 Å². The maximum atomic E-state index is 11.4. The van der Waals surface area contributed by atoms with Crippen LogP contribution in [0.15, 0.2) is 41.0 Å². The predicted octanol–water partition coefficient (Wildman–Crippen LogP) is 2.54. The predicted molar refractivity (Wildman–Crippen MR) is 92.4 cm³/mol. The zero-order chi connectivity index (χ0) is 17.6. The molecule has 0 aliphatic heterocycles. The Morgan fingerprint density at radius 2 is 1.88 bits per heavy atom. The van der Waals surface area contributed by atoms with Crippen LogP contribution in [-0.2, 0) is 6.54 Å². The van der Waals surface area contributed by atoms with Gasteiger partial charge in [0.1, 0.15) is 5.69 Å². The maximum Gasteiger partial charge on any atom is 0.323 e. The maximum absolute atomic E-state index is 11.4. The second-order valence-corrected chi connectivity index (χ2v) is 5.38. The van der Waals surface area contributed by atoms with E-state index >= 15 is 0 Å². The van der Waals surface area contributed by atoms with Crippen LogP contribution in [-0.4, -0.2) is 33.5 Å². The summed E-state index contributed by atoms with van der Waals surface area (Å²) in [6.45, 7) is 0.913. The molecule has 0 unspecified atom stereocenters. The van der Waals surface area contributed by atoms with Gasteiger partial charge in [0.15, 0.2) is 5.52 Å². The van der Waals surface area contributed by atoms with Gasteiger partial charge in [-0.15, -0.1) is 0 Å². The van der Waals surface area contributed by atoms with Crippen LogP contribution in [0, 0.1) is 10.1 Å². The third-order valence-corrected chi connectivity index (χ3v) is 3.67. The quantitative estimate of drug-likeness (QED) is 0.323. The molecule has 0 spiro atoms. The summed E-state index contributed by atoms with van der Waals surface area (Å²) < 4.78 is 4.72. The van der Waals surface area contributed by atoms with E-state index in [9.17, 15) is 10.1 Å². The summed E-state index contributed by atoms with van der Waals surface area (Å²) in [6, 6.07) is 11.3. The largest absolute Gasteiger partial charge is 0.396 e. The van der Waals surface area contributed by atoms with E-state index in [4.69, 9.17) is 9.74 Å². The summed E-state index contributed by atoms with van der Waals surface area (Å²) in [5.74, 6) is 0. The molecule has 3 rings (SSSR count). The molecule has 0 aliphatic carbocycles. The summed E-state index contributed by atoms with van der Waals surface area (Å²) in [4.78, 5) is 10.9. The first-order valence-electron chi connectivity index (χ1n) is 7.77. The van der Waals surface area contributed by atoms with Crippen molar-refractivity contribution in [1.82, 2.24) is 10.3 Å². The van der Waals surface area contributed by atoms with Crippen molar-refractivity contribution in [1.29, 1.82) is 0 Å². The van der Waals surface area contributed by atoms with Crippen molar-refractivity contribution in [3.05, 3.63) is 52.1 Å². The topological polar surface area (TPSA) is 126 Å². The minimum atomic E-state index is -0.519. The molecule has 0 fully saturated rings. The van der Waals surface area contributed by atoms with Crippen LogP contribution in [0.4, 0.5) is 17.1 Å². The number of fused-ring (bicyclic) bond motifs is 1. The van der Waals surface area contributed by atoms with E-state index in [1.165, 1.54) is 0 Å². The van der Waals surface area contributed by atoms with Crippen LogP contribution in [0.3, 0.4) is 0 Å². The van der Waals surface area contributed by atoms with Crippen molar-refractivity contribution in [2.75, 3.05) is 23.8 Å². The van der Waals surface area contributed by atoms with Crippen LogP contribution in [0.5, 0.6) is 0 Å². The monoisotopic (exact) mass is 343 g/mol. The fraction of sp³-hybridized carbons (Fsp3) is 0.250. The standard InChI is InChI=1S/C16H17N5O4/c22-8-4-7-17-13-9-12(18-10-11-5-2-1-3-6-11)14-15(20-25-19-14)16(13)21(23)24/h1-3,5-6,9,17-18,22H,4,7-8,10H2. The summed E-state index contributed by atoms with van der Waals surface area (Å²) in [5.41, 5.74) is 2.12. The van der Waals surface area contributed by atoms with Gasteiger partial charge >= 0.3 is 5.69 Å². The lowest BCUT2D eigenvalue weighted by atomic mass is 10.1. The second kappa shape index (κ2) is 7.58. The van der Waals surface area contributed by atoms with Crippen LogP contribution in [0.2, 0.25) is 0 Å². The highest BCUT2D eigenvalue weighted by atomic mass is 16.6. The van der Waals surface area contributed by atoms with Crippen molar-refractivity contribution in [2.24, 2.45) is 0 Å². The van der Waals surface area contributed by atoms with E-state index in [2.05, 4.69) is 20.9 Å². The molecule has 25 heavy (non-hydrogen) atoms. The molecule has 130 valence electrons. The van der Waals surface area contributed by atoms with Crippen molar-refractivity contribution in [3.8, 4) is 0 Å². The van der Waals surface area contributed by atoms with E-state index in [0.29, 0.717) is 36.4 Å². The zero-order valence-electron chi connectivity index (χ0n) is 13.3. The Hall–Kier alpha value is -3.20. The Morgan fingerprint density at radius 3 is 2.60 bits per heavy atom. The number of nitrogens with zero attached hydrogens (tertiary/aromatic N) is 3. The van der Waals surface area contributed by atoms with Crippen LogP contribution in [0.1, 0.15) is 12.0 Å². The average molecular weight is 343 g/mol. The van der Waals surface area contributed by atoms with Crippen molar-refractivity contribution in [2.45, 2.75) is 13.0 Å². The number of nitrogens with one attached hydrogen (secondary N) is 2. The SMILES string of the molecule is O=[N+]([O-])c1c(NCCCO)cc(NCc2ccccc2)c2nonc12. The lowest BCUT2D eigenvalue weighted by molar-refractivity contribution is -0.382. The molecule has 0 aliphatic rings. The smallest absolute Gasteiger partial charge is 0.323 e. The van der Waals surface area contributed by atoms with Gasteiger partial charge in [-0.05, 0) is 28.4 Å². The lowest BCUT2D eigenvalue weighted by Gasteiger charge is -2.11. The minimum absolute atomic E-state index is 0.00628. The normalized spacial score (nSPS) is 10.8. The molecule has 2 aromatic carbocycles.